The highest BCUT2D eigenvalue weighted by Gasteiger charge is 2.07. The minimum absolute atomic E-state index is 0.260. The van der Waals surface area contributed by atoms with Gasteiger partial charge in [-0.15, -0.1) is 0 Å². The standard InChI is InChI=1S/C15H27NO3/c1-5-6-16-10-15-9-14(13(4)19-15)11-17-7-8-18-12(2)3/h9,12,16H,5-8,10-11H2,1-4H3. The van der Waals surface area contributed by atoms with Crippen LogP contribution in [0.3, 0.4) is 0 Å². The Balaban J connectivity index is 2.25. The topological polar surface area (TPSA) is 43.6 Å². The zero-order chi connectivity index (χ0) is 14.1. The Bertz CT molecular complexity index is 347. The lowest BCUT2D eigenvalue weighted by atomic mass is 10.2. The average Bonchev–Trinajstić information content (AvgIpc) is 2.70. The predicted octanol–water partition coefficient (Wildman–Crippen LogP) is 3.03. The quantitative estimate of drug-likeness (QED) is 0.663. The monoisotopic (exact) mass is 269 g/mol. The van der Waals surface area contributed by atoms with Crippen LogP contribution in [0.4, 0.5) is 0 Å². The van der Waals surface area contributed by atoms with Gasteiger partial charge >= 0.3 is 0 Å². The maximum Gasteiger partial charge on any atom is 0.118 e. The fourth-order valence-electron chi connectivity index (χ4n) is 1.73. The Morgan fingerprint density at radius 3 is 2.79 bits per heavy atom. The summed E-state index contributed by atoms with van der Waals surface area (Å²) in [4.78, 5) is 0. The van der Waals surface area contributed by atoms with Gasteiger partial charge in [0.05, 0.1) is 32.5 Å². The Labute approximate surface area is 116 Å². The molecule has 1 heterocycles. The molecule has 0 spiro atoms. The van der Waals surface area contributed by atoms with Crippen molar-refractivity contribution in [3.8, 4) is 0 Å². The van der Waals surface area contributed by atoms with Crippen LogP contribution in [0.25, 0.3) is 0 Å². The summed E-state index contributed by atoms with van der Waals surface area (Å²) in [7, 11) is 0. The lowest BCUT2D eigenvalue weighted by Gasteiger charge is -2.07. The lowest BCUT2D eigenvalue weighted by Crippen LogP contribution is -2.13. The van der Waals surface area contributed by atoms with Crippen LogP contribution in [-0.4, -0.2) is 25.9 Å². The van der Waals surface area contributed by atoms with E-state index in [9.17, 15) is 0 Å². The van der Waals surface area contributed by atoms with Gasteiger partial charge in [-0.05, 0) is 39.8 Å². The SMILES string of the molecule is CCCNCc1cc(COCCOC(C)C)c(C)o1. The van der Waals surface area contributed by atoms with Crippen molar-refractivity contribution in [3.63, 3.8) is 0 Å². The van der Waals surface area contributed by atoms with Crippen LogP contribution in [0, 0.1) is 6.92 Å². The number of furan rings is 1. The molecular weight excluding hydrogens is 242 g/mol. The van der Waals surface area contributed by atoms with Gasteiger partial charge < -0.3 is 19.2 Å². The molecule has 0 fully saturated rings. The maximum absolute atomic E-state index is 5.68. The molecule has 0 aliphatic carbocycles. The molecule has 1 aromatic rings. The van der Waals surface area contributed by atoms with Gasteiger partial charge in [0, 0.05) is 5.56 Å². The number of hydrogen-bond donors (Lipinski definition) is 1. The van der Waals surface area contributed by atoms with Crippen molar-refractivity contribution >= 4 is 0 Å². The largest absolute Gasteiger partial charge is 0.465 e. The van der Waals surface area contributed by atoms with Gasteiger partial charge in [0.2, 0.25) is 0 Å². The first-order chi connectivity index (χ1) is 9.13. The van der Waals surface area contributed by atoms with Gasteiger partial charge in [-0.3, -0.25) is 0 Å². The van der Waals surface area contributed by atoms with E-state index in [1.54, 1.807) is 0 Å². The summed E-state index contributed by atoms with van der Waals surface area (Å²) < 4.78 is 16.7. The molecular formula is C15H27NO3. The van der Waals surface area contributed by atoms with Crippen LogP contribution in [0.5, 0.6) is 0 Å². The minimum atomic E-state index is 0.260. The number of nitrogens with one attached hydrogen (secondary N) is 1. The highest BCUT2D eigenvalue weighted by molar-refractivity contribution is 5.19. The third kappa shape index (κ3) is 6.76. The van der Waals surface area contributed by atoms with Gasteiger partial charge in [0.1, 0.15) is 11.5 Å². The zero-order valence-corrected chi connectivity index (χ0v) is 12.6. The maximum atomic E-state index is 5.68. The second kappa shape index (κ2) is 9.13. The Morgan fingerprint density at radius 2 is 2.11 bits per heavy atom. The lowest BCUT2D eigenvalue weighted by molar-refractivity contribution is 0.0140. The molecule has 4 nitrogen and oxygen atoms in total. The summed E-state index contributed by atoms with van der Waals surface area (Å²) in [5.41, 5.74) is 1.12. The first-order valence-corrected chi connectivity index (χ1v) is 7.11. The molecule has 1 rings (SSSR count). The third-order valence-electron chi connectivity index (χ3n) is 2.73. The summed E-state index contributed by atoms with van der Waals surface area (Å²) in [6.45, 7) is 11.8. The van der Waals surface area contributed by atoms with Crippen molar-refractivity contribution in [2.24, 2.45) is 0 Å². The molecule has 0 amide bonds. The molecule has 0 aliphatic rings. The molecule has 110 valence electrons. The number of ether oxygens (including phenoxy) is 2. The highest BCUT2D eigenvalue weighted by atomic mass is 16.5. The molecule has 0 unspecified atom stereocenters. The van der Waals surface area contributed by atoms with Gasteiger partial charge in [0.15, 0.2) is 0 Å². The first-order valence-electron chi connectivity index (χ1n) is 7.11. The Hall–Kier alpha value is -0.840. The van der Waals surface area contributed by atoms with E-state index in [1.807, 2.05) is 20.8 Å². The normalized spacial score (nSPS) is 11.4. The van der Waals surface area contributed by atoms with Gasteiger partial charge in [-0.2, -0.15) is 0 Å². The minimum Gasteiger partial charge on any atom is -0.465 e. The average molecular weight is 269 g/mol. The van der Waals surface area contributed by atoms with Crippen molar-refractivity contribution in [1.29, 1.82) is 0 Å². The summed E-state index contributed by atoms with van der Waals surface area (Å²) in [6, 6.07) is 2.07. The van der Waals surface area contributed by atoms with Crippen LogP contribution >= 0.6 is 0 Å². The number of rotatable bonds is 10. The number of hydrogen-bond acceptors (Lipinski definition) is 4. The Kier molecular flexibility index (Phi) is 7.79. The summed E-state index contributed by atoms with van der Waals surface area (Å²) in [6.07, 6.45) is 1.39. The molecule has 19 heavy (non-hydrogen) atoms. The molecule has 0 radical (unpaired) electrons. The molecule has 0 saturated carbocycles. The van der Waals surface area contributed by atoms with E-state index in [4.69, 9.17) is 13.9 Å². The molecule has 0 bridgehead atoms. The smallest absolute Gasteiger partial charge is 0.118 e. The van der Waals surface area contributed by atoms with Crippen LogP contribution < -0.4 is 5.32 Å². The molecule has 0 aliphatic heterocycles. The third-order valence-corrected chi connectivity index (χ3v) is 2.73. The summed E-state index contributed by atoms with van der Waals surface area (Å²) in [5.74, 6) is 1.92. The molecule has 1 N–H and O–H groups in total. The molecule has 0 saturated heterocycles. The van der Waals surface area contributed by atoms with E-state index >= 15 is 0 Å². The predicted molar refractivity (Wildman–Crippen MR) is 76.2 cm³/mol. The first kappa shape index (κ1) is 16.2. The van der Waals surface area contributed by atoms with Crippen molar-refractivity contribution in [2.45, 2.75) is 53.4 Å². The van der Waals surface area contributed by atoms with E-state index in [0.717, 1.165) is 36.6 Å². The highest BCUT2D eigenvalue weighted by Crippen LogP contribution is 2.15. The van der Waals surface area contributed by atoms with Gasteiger partial charge in [0.25, 0.3) is 0 Å². The van der Waals surface area contributed by atoms with Crippen LogP contribution in [-0.2, 0) is 22.6 Å². The van der Waals surface area contributed by atoms with Crippen molar-refractivity contribution < 1.29 is 13.9 Å². The van der Waals surface area contributed by atoms with E-state index < -0.39 is 0 Å². The number of aryl methyl sites for hydroxylation is 1. The Morgan fingerprint density at radius 1 is 1.32 bits per heavy atom. The van der Waals surface area contributed by atoms with Crippen molar-refractivity contribution in [2.75, 3.05) is 19.8 Å². The van der Waals surface area contributed by atoms with E-state index in [0.29, 0.717) is 19.8 Å². The summed E-state index contributed by atoms with van der Waals surface area (Å²) in [5, 5.41) is 3.33. The molecule has 1 aromatic heterocycles. The molecule has 0 atom stereocenters. The second-order valence-electron chi connectivity index (χ2n) is 4.94. The van der Waals surface area contributed by atoms with Crippen LogP contribution in [0.2, 0.25) is 0 Å². The van der Waals surface area contributed by atoms with Crippen LogP contribution in [0.15, 0.2) is 10.5 Å². The van der Waals surface area contributed by atoms with Crippen molar-refractivity contribution in [1.82, 2.24) is 5.32 Å². The van der Waals surface area contributed by atoms with E-state index in [2.05, 4.69) is 18.3 Å². The molecule has 0 aromatic carbocycles. The van der Waals surface area contributed by atoms with E-state index in [1.165, 1.54) is 0 Å². The van der Waals surface area contributed by atoms with E-state index in [-0.39, 0.29) is 6.10 Å². The van der Waals surface area contributed by atoms with Gasteiger partial charge in [-0.1, -0.05) is 6.92 Å². The second-order valence-corrected chi connectivity index (χ2v) is 4.94. The van der Waals surface area contributed by atoms with Crippen LogP contribution in [0.1, 0.15) is 44.3 Å². The van der Waals surface area contributed by atoms with Crippen molar-refractivity contribution in [3.05, 3.63) is 23.2 Å². The van der Waals surface area contributed by atoms with Gasteiger partial charge in [-0.25, -0.2) is 0 Å². The fraction of sp³-hybridized carbons (Fsp3) is 0.733. The zero-order valence-electron chi connectivity index (χ0n) is 12.6. The summed E-state index contributed by atoms with van der Waals surface area (Å²) >= 11 is 0. The fourth-order valence-corrected chi connectivity index (χ4v) is 1.73. The molecule has 4 heteroatoms.